The number of hydrogen-bond acceptors (Lipinski definition) is 9. The highest BCUT2D eigenvalue weighted by Gasteiger charge is 2.50. The number of carbonyl (C=O) groups is 4. The molecule has 3 saturated heterocycles. The van der Waals surface area contributed by atoms with Gasteiger partial charge in [0.15, 0.2) is 35.4 Å². The molecular formula is C55H58ClF7N8O6. The summed E-state index contributed by atoms with van der Waals surface area (Å²) in [6, 6.07) is 12.5. The summed E-state index contributed by atoms with van der Waals surface area (Å²) >= 11 is 6.62. The Morgan fingerprint density at radius 2 is 1.58 bits per heavy atom. The summed E-state index contributed by atoms with van der Waals surface area (Å²) < 4.78 is 117. The monoisotopic (exact) mass is 1090 g/mol. The minimum Gasteiger partial charge on any atom is -0.481 e. The summed E-state index contributed by atoms with van der Waals surface area (Å²) in [6.07, 6.45) is 0.636. The van der Waals surface area contributed by atoms with Crippen LogP contribution in [0.15, 0.2) is 54.6 Å². The summed E-state index contributed by atoms with van der Waals surface area (Å²) in [6.45, 7) is 3.58. The zero-order valence-electron chi connectivity index (χ0n) is 42.4. The van der Waals surface area contributed by atoms with Crippen molar-refractivity contribution in [3.8, 4) is 22.6 Å². The summed E-state index contributed by atoms with van der Waals surface area (Å²) in [5, 5.41) is 9.78. The van der Waals surface area contributed by atoms with Gasteiger partial charge in [0, 0.05) is 92.4 Å². The zero-order valence-corrected chi connectivity index (χ0v) is 43.1. The molecule has 10 rings (SSSR count). The minimum atomic E-state index is -4.82. The average molecular weight is 1100 g/mol. The van der Waals surface area contributed by atoms with Crippen LogP contribution >= 0.6 is 11.6 Å². The molecule has 0 spiro atoms. The SMILES string of the molecule is CC1c2c(cc(F)c(Cl)c2-c2c(C(N)=O)ccc(OCC(F)(F)F)c2F)OC1(CNC1CCC(C(=O)N2CCC(CN3CCC(c4c(F)cc5c(N6CCC(=O)NC6=O)nn(C)c5c4F)CC3)CC2)CC1)c1ccccc1. The highest BCUT2D eigenvalue weighted by Crippen LogP contribution is 2.57. The number of nitrogens with two attached hydrogens (primary N) is 1. The predicted octanol–water partition coefficient (Wildman–Crippen LogP) is 9.59. The molecule has 5 aliphatic rings. The Kier molecular flexibility index (Phi) is 15.0. The van der Waals surface area contributed by atoms with E-state index in [1.54, 1.807) is 14.0 Å². The molecule has 14 nitrogen and oxygen atoms in total. The molecule has 0 radical (unpaired) electrons. The highest BCUT2D eigenvalue weighted by atomic mass is 35.5. The second kappa shape index (κ2) is 21.4. The van der Waals surface area contributed by atoms with Crippen molar-refractivity contribution in [2.75, 3.05) is 57.3 Å². The summed E-state index contributed by atoms with van der Waals surface area (Å²) in [4.78, 5) is 56.5. The fourth-order valence-electron chi connectivity index (χ4n) is 12.4. The van der Waals surface area contributed by atoms with Crippen LogP contribution < -0.4 is 30.7 Å². The van der Waals surface area contributed by atoms with Crippen LogP contribution in [0.1, 0.15) is 104 Å². The maximum absolute atomic E-state index is 16.4. The van der Waals surface area contributed by atoms with Crippen LogP contribution in [0.25, 0.3) is 22.0 Å². The minimum absolute atomic E-state index is 0.00729. The topological polar surface area (TPSA) is 164 Å². The molecule has 4 N–H and O–H groups in total. The van der Waals surface area contributed by atoms with Crippen molar-refractivity contribution in [3.63, 3.8) is 0 Å². The molecule has 1 aromatic heterocycles. The Morgan fingerprint density at radius 1 is 0.883 bits per heavy atom. The summed E-state index contributed by atoms with van der Waals surface area (Å²) in [7, 11) is 1.54. The highest BCUT2D eigenvalue weighted by molar-refractivity contribution is 6.34. The van der Waals surface area contributed by atoms with Crippen molar-refractivity contribution in [2.45, 2.75) is 94.4 Å². The van der Waals surface area contributed by atoms with E-state index in [-0.39, 0.29) is 82.5 Å². The number of alkyl halides is 3. The molecule has 5 heterocycles. The van der Waals surface area contributed by atoms with Crippen LogP contribution in [0.5, 0.6) is 11.5 Å². The first-order valence-corrected chi connectivity index (χ1v) is 26.4. The molecule has 5 amide bonds. The molecular weight excluding hydrogens is 1040 g/mol. The van der Waals surface area contributed by atoms with E-state index in [4.69, 9.17) is 26.8 Å². The van der Waals surface area contributed by atoms with Crippen LogP contribution in [0.4, 0.5) is 41.3 Å². The quantitative estimate of drug-likeness (QED) is 0.0975. The van der Waals surface area contributed by atoms with Gasteiger partial charge in [0.1, 0.15) is 22.9 Å². The number of primary amides is 1. The van der Waals surface area contributed by atoms with Crippen LogP contribution in [-0.2, 0) is 22.2 Å². The van der Waals surface area contributed by atoms with Crippen LogP contribution in [0.3, 0.4) is 0 Å². The number of ether oxygens (including phenoxy) is 2. The van der Waals surface area contributed by atoms with Gasteiger partial charge in [-0.15, -0.1) is 0 Å². The molecule has 1 aliphatic carbocycles. The van der Waals surface area contributed by atoms with Crippen molar-refractivity contribution in [2.24, 2.45) is 24.6 Å². The number of aryl methyl sites for hydroxylation is 1. The lowest BCUT2D eigenvalue weighted by Crippen LogP contribution is -2.49. The number of fused-ring (bicyclic) bond motifs is 2. The number of hydrogen-bond donors (Lipinski definition) is 3. The number of rotatable bonds is 13. The Balaban J connectivity index is 0.744. The van der Waals surface area contributed by atoms with Gasteiger partial charge in [-0.2, -0.15) is 18.3 Å². The first-order valence-electron chi connectivity index (χ1n) is 26.0. The van der Waals surface area contributed by atoms with Crippen LogP contribution in [0, 0.1) is 35.1 Å². The lowest BCUT2D eigenvalue weighted by Gasteiger charge is -2.40. The van der Waals surface area contributed by atoms with Crippen LogP contribution in [0.2, 0.25) is 5.02 Å². The third-order valence-corrected chi connectivity index (χ3v) is 16.8. The molecule has 2 unspecified atom stereocenters. The van der Waals surface area contributed by atoms with Gasteiger partial charge in [-0.1, -0.05) is 48.9 Å². The van der Waals surface area contributed by atoms with Gasteiger partial charge in [0.2, 0.25) is 17.7 Å². The number of aromatic nitrogens is 2. The summed E-state index contributed by atoms with van der Waals surface area (Å²) in [5.41, 5.74) is 4.05. The third-order valence-electron chi connectivity index (χ3n) is 16.4. The van der Waals surface area contributed by atoms with E-state index in [9.17, 15) is 32.3 Å². The number of urea groups is 1. The maximum Gasteiger partial charge on any atom is 0.422 e. The molecule has 5 aromatic rings. The molecule has 4 fully saturated rings. The van der Waals surface area contributed by atoms with Gasteiger partial charge < -0.3 is 30.3 Å². The number of halogens is 8. The Bertz CT molecular complexity index is 3120. The number of carbonyl (C=O) groups excluding carboxylic acids is 4. The Hall–Kier alpha value is -6.45. The molecule has 4 aliphatic heterocycles. The number of likely N-dealkylation sites (tertiary alicyclic amines) is 2. The standard InChI is InChI=1S/C55H58ClF7N8O6/c1-29-42-40(25-38(58)46(56)45(42)44-35(50(64)73)12-13-39(47(44)59)76-28-55(61,62)63)77-54(29,33-6-4-3-5-7-33)27-65-34-10-8-32(9-11-34)52(74)70-21-14-30(15-22-70)26-69-19-16-31(17-20-69)43-37(57)24-36-49(48(43)60)68(2)67-51(36)71-23-18-41(72)66-53(71)75/h3-7,12-13,24-25,29-32,34,65H,8-11,14-23,26-28H2,1-2H3,(H2,64,73)(H,66,72,75). The average Bonchev–Trinajstić information content (AvgIpc) is 3.97. The van der Waals surface area contributed by atoms with Gasteiger partial charge >= 0.3 is 12.2 Å². The van der Waals surface area contributed by atoms with Gasteiger partial charge in [-0.3, -0.25) is 29.3 Å². The first kappa shape index (κ1) is 53.9. The number of nitrogens with one attached hydrogen (secondary N) is 2. The van der Waals surface area contributed by atoms with Gasteiger partial charge in [-0.05, 0) is 100 Å². The van der Waals surface area contributed by atoms with E-state index in [0.717, 1.165) is 37.6 Å². The lowest BCUT2D eigenvalue weighted by molar-refractivity contribution is -0.153. The zero-order chi connectivity index (χ0) is 54.7. The normalized spacial score (nSPS) is 22.8. The molecule has 22 heteroatoms. The fourth-order valence-corrected chi connectivity index (χ4v) is 12.6. The smallest absolute Gasteiger partial charge is 0.422 e. The van der Waals surface area contributed by atoms with Crippen molar-refractivity contribution in [1.82, 2.24) is 30.2 Å². The van der Waals surface area contributed by atoms with E-state index < -0.39 is 87.3 Å². The number of piperidine rings is 2. The van der Waals surface area contributed by atoms with Crippen molar-refractivity contribution < 1.29 is 59.4 Å². The number of nitrogens with zero attached hydrogens (tertiary/aromatic N) is 5. The molecule has 77 heavy (non-hydrogen) atoms. The maximum atomic E-state index is 16.4. The van der Waals surface area contributed by atoms with Crippen LogP contribution in [-0.4, -0.2) is 108 Å². The van der Waals surface area contributed by atoms with E-state index in [2.05, 4.69) is 20.6 Å². The number of anilines is 1. The number of benzene rings is 4. The van der Waals surface area contributed by atoms with Crippen molar-refractivity contribution >= 4 is 52.1 Å². The molecule has 0 bridgehead atoms. The van der Waals surface area contributed by atoms with E-state index >= 15 is 17.6 Å². The van der Waals surface area contributed by atoms with Gasteiger partial charge in [-0.25, -0.2) is 22.4 Å². The Morgan fingerprint density at radius 3 is 2.25 bits per heavy atom. The van der Waals surface area contributed by atoms with Crippen molar-refractivity contribution in [3.05, 3.63) is 105 Å². The summed E-state index contributed by atoms with van der Waals surface area (Å²) in [5.74, 6) is -6.86. The van der Waals surface area contributed by atoms with Gasteiger partial charge in [0.25, 0.3) is 0 Å². The number of imide groups is 1. The largest absolute Gasteiger partial charge is 0.481 e. The molecule has 1 saturated carbocycles. The van der Waals surface area contributed by atoms with Crippen molar-refractivity contribution in [1.29, 1.82) is 0 Å². The first-order chi connectivity index (χ1) is 36.7. The Labute approximate surface area is 444 Å². The number of amides is 5. The van der Waals surface area contributed by atoms with E-state index in [1.807, 2.05) is 35.2 Å². The lowest BCUT2D eigenvalue weighted by atomic mass is 9.77. The predicted molar refractivity (Wildman–Crippen MR) is 272 cm³/mol. The fraction of sp³-hybridized carbons (Fsp3) is 0.473. The molecule has 4 aromatic carbocycles. The van der Waals surface area contributed by atoms with Gasteiger partial charge in [0.05, 0.1) is 16.0 Å². The second-order valence-corrected chi connectivity index (χ2v) is 21.4. The molecule has 410 valence electrons. The third kappa shape index (κ3) is 10.4. The van der Waals surface area contributed by atoms with E-state index in [1.165, 1.54) is 15.6 Å². The molecule has 2 atom stereocenters. The second-order valence-electron chi connectivity index (χ2n) is 21.1. The van der Waals surface area contributed by atoms with E-state index in [0.29, 0.717) is 76.2 Å².